The predicted molar refractivity (Wildman–Crippen MR) is 135 cm³/mol. The first-order chi connectivity index (χ1) is 18.4. The number of rotatable bonds is 6. The second kappa shape index (κ2) is 10.3. The third kappa shape index (κ3) is 6.14. The SMILES string of the molecule is CC(F)(F)c1cc(OC(F)(F)F)cc(-c2nc(C3CCN(C(=O)Cn4cnc5cccnc54)CC3)sc2Cl)c1. The van der Waals surface area contributed by atoms with Crippen LogP contribution in [0.25, 0.3) is 22.4 Å². The number of imidazole rings is 1. The van der Waals surface area contributed by atoms with Crippen LogP contribution in [0.1, 0.15) is 36.3 Å². The molecule has 0 atom stereocenters. The number of hydrogen-bond acceptors (Lipinski definition) is 6. The molecular formula is C25H21ClF5N5O2S. The predicted octanol–water partition coefficient (Wildman–Crippen LogP) is 6.62. The molecule has 14 heteroatoms. The average molecular weight is 586 g/mol. The highest BCUT2D eigenvalue weighted by molar-refractivity contribution is 7.16. The van der Waals surface area contributed by atoms with Crippen LogP contribution in [0, 0.1) is 0 Å². The number of carbonyl (C=O) groups is 1. The number of fused-ring (bicyclic) bond motifs is 1. The van der Waals surface area contributed by atoms with Crippen LogP contribution in [0.3, 0.4) is 0 Å². The Bertz CT molecular complexity index is 1510. The van der Waals surface area contributed by atoms with Crippen molar-refractivity contribution >= 4 is 40.0 Å². The van der Waals surface area contributed by atoms with Crippen LogP contribution in [0.15, 0.2) is 42.9 Å². The quantitative estimate of drug-likeness (QED) is 0.238. The molecule has 0 spiro atoms. The molecule has 206 valence electrons. The molecule has 1 amide bonds. The standard InChI is InChI=1S/C25H21ClF5N5O2S/c1-24(27,28)16-9-15(10-17(11-16)38-25(29,30)31)20-21(26)39-23(34-20)14-4-7-35(8-5-14)19(37)12-36-13-33-18-3-2-6-32-22(18)36/h2-3,6,9-11,13-14H,4-5,7-8,12H2,1H3. The molecule has 0 saturated carbocycles. The van der Waals surface area contributed by atoms with Crippen LogP contribution in [-0.2, 0) is 17.3 Å². The number of thiazole rings is 1. The number of halogens is 6. The summed E-state index contributed by atoms with van der Waals surface area (Å²) in [7, 11) is 0. The molecule has 1 aliphatic heterocycles. The fourth-order valence-electron chi connectivity index (χ4n) is 4.49. The normalized spacial score (nSPS) is 15.2. The number of hydrogen-bond donors (Lipinski definition) is 0. The Morgan fingerprint density at radius 3 is 2.59 bits per heavy atom. The highest BCUT2D eigenvalue weighted by Gasteiger charge is 2.34. The lowest BCUT2D eigenvalue weighted by atomic mass is 9.97. The van der Waals surface area contributed by atoms with Crippen molar-refractivity contribution in [1.29, 1.82) is 0 Å². The lowest BCUT2D eigenvalue weighted by Gasteiger charge is -2.31. The molecule has 0 unspecified atom stereocenters. The number of piperidine rings is 1. The molecule has 1 fully saturated rings. The molecule has 39 heavy (non-hydrogen) atoms. The minimum absolute atomic E-state index is 0.00504. The lowest BCUT2D eigenvalue weighted by Crippen LogP contribution is -2.39. The summed E-state index contributed by atoms with van der Waals surface area (Å²) in [5.74, 6) is -4.33. The summed E-state index contributed by atoms with van der Waals surface area (Å²) in [6.45, 7) is 1.62. The molecule has 4 aromatic rings. The van der Waals surface area contributed by atoms with Crippen molar-refractivity contribution < 1.29 is 31.5 Å². The van der Waals surface area contributed by atoms with Crippen LogP contribution in [0.5, 0.6) is 5.75 Å². The van der Waals surface area contributed by atoms with E-state index in [4.69, 9.17) is 11.6 Å². The Kier molecular flexibility index (Phi) is 7.23. The number of aromatic nitrogens is 4. The van der Waals surface area contributed by atoms with E-state index in [0.717, 1.165) is 23.5 Å². The van der Waals surface area contributed by atoms with Crippen molar-refractivity contribution in [3.05, 3.63) is 57.8 Å². The number of nitrogens with zero attached hydrogens (tertiary/aromatic N) is 5. The monoisotopic (exact) mass is 585 g/mol. The molecule has 4 heterocycles. The molecule has 1 aromatic carbocycles. The zero-order valence-electron chi connectivity index (χ0n) is 20.4. The Morgan fingerprint density at radius 2 is 1.90 bits per heavy atom. The molecule has 7 nitrogen and oxygen atoms in total. The van der Waals surface area contributed by atoms with Gasteiger partial charge in [0.05, 0.1) is 11.3 Å². The van der Waals surface area contributed by atoms with Crippen LogP contribution < -0.4 is 4.74 Å². The molecule has 0 N–H and O–H groups in total. The number of benzene rings is 1. The Labute approximate surface area is 228 Å². The van der Waals surface area contributed by atoms with Crippen molar-refractivity contribution in [2.75, 3.05) is 13.1 Å². The van der Waals surface area contributed by atoms with Crippen LogP contribution in [0.2, 0.25) is 4.34 Å². The van der Waals surface area contributed by atoms with Gasteiger partial charge in [-0.3, -0.25) is 4.79 Å². The van der Waals surface area contributed by atoms with Crippen molar-refractivity contribution in [3.8, 4) is 17.0 Å². The number of pyridine rings is 1. The molecule has 3 aromatic heterocycles. The van der Waals surface area contributed by atoms with Crippen molar-refractivity contribution in [2.45, 2.75) is 44.5 Å². The van der Waals surface area contributed by atoms with Crippen molar-refractivity contribution in [3.63, 3.8) is 0 Å². The zero-order chi connectivity index (χ0) is 27.9. The van der Waals surface area contributed by atoms with E-state index >= 15 is 0 Å². The van der Waals surface area contributed by atoms with Crippen LogP contribution >= 0.6 is 22.9 Å². The molecule has 5 rings (SSSR count). The number of ether oxygens (including phenoxy) is 1. The van der Waals surface area contributed by atoms with Gasteiger partial charge in [0.15, 0.2) is 5.65 Å². The van der Waals surface area contributed by atoms with E-state index in [2.05, 4.69) is 19.7 Å². The summed E-state index contributed by atoms with van der Waals surface area (Å²) in [4.78, 5) is 27.7. The van der Waals surface area contributed by atoms with Gasteiger partial charge in [-0.2, -0.15) is 0 Å². The van der Waals surface area contributed by atoms with E-state index in [1.165, 1.54) is 0 Å². The number of carbonyl (C=O) groups excluding carboxylic acids is 1. The summed E-state index contributed by atoms with van der Waals surface area (Å²) in [5, 5.41) is 0.624. The van der Waals surface area contributed by atoms with E-state index < -0.39 is 23.6 Å². The summed E-state index contributed by atoms with van der Waals surface area (Å²) < 4.78 is 72.3. The Morgan fingerprint density at radius 1 is 1.15 bits per heavy atom. The average Bonchev–Trinajstić information content (AvgIpc) is 3.46. The van der Waals surface area contributed by atoms with Gasteiger partial charge in [-0.1, -0.05) is 11.6 Å². The van der Waals surface area contributed by atoms with Crippen LogP contribution in [0.4, 0.5) is 22.0 Å². The van der Waals surface area contributed by atoms with Crippen molar-refractivity contribution in [1.82, 2.24) is 24.4 Å². The highest BCUT2D eigenvalue weighted by Crippen LogP contribution is 2.42. The molecule has 0 aliphatic carbocycles. The minimum atomic E-state index is -5.05. The van der Waals surface area contributed by atoms with Gasteiger partial charge in [0.1, 0.15) is 27.8 Å². The largest absolute Gasteiger partial charge is 0.573 e. The van der Waals surface area contributed by atoms with Gasteiger partial charge >= 0.3 is 6.36 Å². The number of amides is 1. The third-order valence-corrected chi connectivity index (χ3v) is 7.82. The van der Waals surface area contributed by atoms with E-state index in [1.807, 2.05) is 6.07 Å². The maximum absolute atomic E-state index is 14.0. The summed E-state index contributed by atoms with van der Waals surface area (Å²) in [5.41, 5.74) is 0.769. The zero-order valence-corrected chi connectivity index (χ0v) is 22.0. The molecule has 0 radical (unpaired) electrons. The van der Waals surface area contributed by atoms with Gasteiger partial charge in [0, 0.05) is 43.3 Å². The number of likely N-dealkylation sites (tertiary alicyclic amines) is 1. The van der Waals surface area contributed by atoms with Gasteiger partial charge < -0.3 is 14.2 Å². The van der Waals surface area contributed by atoms with E-state index in [1.54, 1.807) is 28.1 Å². The fourth-order valence-corrected chi connectivity index (χ4v) is 5.86. The third-order valence-electron chi connectivity index (χ3n) is 6.40. The maximum Gasteiger partial charge on any atom is 0.573 e. The van der Waals surface area contributed by atoms with E-state index in [-0.39, 0.29) is 34.0 Å². The van der Waals surface area contributed by atoms with Gasteiger partial charge in [0.25, 0.3) is 5.92 Å². The topological polar surface area (TPSA) is 73.1 Å². The first kappa shape index (κ1) is 27.3. The minimum Gasteiger partial charge on any atom is -0.406 e. The second-order valence-electron chi connectivity index (χ2n) is 9.23. The highest BCUT2D eigenvalue weighted by atomic mass is 35.5. The Hall–Kier alpha value is -3.32. The molecule has 0 bridgehead atoms. The fraction of sp³-hybridized carbons (Fsp3) is 0.360. The summed E-state index contributed by atoms with van der Waals surface area (Å²) >= 11 is 7.53. The van der Waals surface area contributed by atoms with Gasteiger partial charge in [-0.15, -0.1) is 24.5 Å². The Balaban J connectivity index is 1.30. The van der Waals surface area contributed by atoms with E-state index in [0.29, 0.717) is 55.1 Å². The molecule has 1 aliphatic rings. The number of alkyl halides is 5. The van der Waals surface area contributed by atoms with Crippen LogP contribution in [-0.4, -0.2) is 49.8 Å². The summed E-state index contributed by atoms with van der Waals surface area (Å²) in [6, 6.07) is 6.28. The second-order valence-corrected chi connectivity index (χ2v) is 10.9. The maximum atomic E-state index is 14.0. The van der Waals surface area contributed by atoms with Gasteiger partial charge in [-0.05, 0) is 43.2 Å². The molecule has 1 saturated heterocycles. The lowest BCUT2D eigenvalue weighted by molar-refractivity contribution is -0.274. The van der Waals surface area contributed by atoms with E-state index in [9.17, 15) is 26.7 Å². The van der Waals surface area contributed by atoms with Crippen molar-refractivity contribution in [2.24, 2.45) is 0 Å². The molecular weight excluding hydrogens is 565 g/mol. The van der Waals surface area contributed by atoms with Gasteiger partial charge in [0.2, 0.25) is 5.91 Å². The summed E-state index contributed by atoms with van der Waals surface area (Å²) in [6.07, 6.45) is -0.655. The van der Waals surface area contributed by atoms with Gasteiger partial charge in [-0.25, -0.2) is 23.7 Å². The first-order valence-electron chi connectivity index (χ1n) is 11.9. The smallest absolute Gasteiger partial charge is 0.406 e. The first-order valence-corrected chi connectivity index (χ1v) is 13.1.